The van der Waals surface area contributed by atoms with Crippen LogP contribution < -0.4 is 11.1 Å². The first-order valence-corrected chi connectivity index (χ1v) is 5.51. The first kappa shape index (κ1) is 13.2. The van der Waals surface area contributed by atoms with Gasteiger partial charge in [0, 0.05) is 11.1 Å². The molecule has 4 heteroatoms. The molecule has 17 heavy (non-hydrogen) atoms. The van der Waals surface area contributed by atoms with Crippen LogP contribution in [0.1, 0.15) is 25.8 Å². The zero-order chi connectivity index (χ0) is 12.9. The number of anilines is 1. The van der Waals surface area contributed by atoms with E-state index >= 15 is 0 Å². The molecular weight excluding hydrogens is 214 g/mol. The highest BCUT2D eigenvalue weighted by Crippen LogP contribution is 2.22. The summed E-state index contributed by atoms with van der Waals surface area (Å²) in [7, 11) is 0. The van der Waals surface area contributed by atoms with Gasteiger partial charge >= 0.3 is 0 Å². The minimum absolute atomic E-state index is 0.0851. The van der Waals surface area contributed by atoms with Gasteiger partial charge in [0.2, 0.25) is 5.91 Å². The summed E-state index contributed by atoms with van der Waals surface area (Å²) >= 11 is 0. The quantitative estimate of drug-likeness (QED) is 0.830. The third kappa shape index (κ3) is 3.58. The molecule has 0 bridgehead atoms. The maximum absolute atomic E-state index is 12.0. The van der Waals surface area contributed by atoms with Crippen molar-refractivity contribution in [3.63, 3.8) is 0 Å². The third-order valence-corrected chi connectivity index (χ3v) is 2.63. The van der Waals surface area contributed by atoms with Gasteiger partial charge < -0.3 is 11.1 Å². The number of nitrogens with zero attached hydrogens (tertiary/aromatic N) is 1. The molecular formula is C13H17N3O. The lowest BCUT2D eigenvalue weighted by molar-refractivity contribution is -0.124. The number of carbonyl (C=O) groups excluding carboxylic acids is 1. The molecule has 0 aliphatic rings. The highest BCUT2D eigenvalue weighted by Gasteiger charge is 2.26. The van der Waals surface area contributed by atoms with E-state index in [0.29, 0.717) is 24.2 Å². The van der Waals surface area contributed by atoms with Crippen molar-refractivity contribution in [2.45, 2.75) is 20.3 Å². The van der Waals surface area contributed by atoms with Crippen molar-refractivity contribution in [3.8, 4) is 6.07 Å². The lowest BCUT2D eigenvalue weighted by Crippen LogP contribution is -2.32. The van der Waals surface area contributed by atoms with Crippen LogP contribution >= 0.6 is 0 Å². The van der Waals surface area contributed by atoms with Crippen molar-refractivity contribution < 1.29 is 4.79 Å². The fourth-order valence-electron chi connectivity index (χ4n) is 1.44. The molecule has 0 aliphatic heterocycles. The summed E-state index contributed by atoms with van der Waals surface area (Å²) in [6, 6.07) is 8.88. The second-order valence-electron chi connectivity index (χ2n) is 4.57. The van der Waals surface area contributed by atoms with E-state index in [9.17, 15) is 4.79 Å². The molecule has 90 valence electrons. The number of amides is 1. The Hall–Kier alpha value is -1.86. The number of carbonyl (C=O) groups is 1. The molecule has 0 unspecified atom stereocenters. The summed E-state index contributed by atoms with van der Waals surface area (Å²) in [6.07, 6.45) is 0.622. The van der Waals surface area contributed by atoms with E-state index < -0.39 is 5.41 Å². The fourth-order valence-corrected chi connectivity index (χ4v) is 1.44. The number of hydrogen-bond donors (Lipinski definition) is 2. The maximum Gasteiger partial charge on any atom is 0.230 e. The Morgan fingerprint density at radius 1 is 1.53 bits per heavy atom. The molecule has 0 radical (unpaired) electrons. The lowest BCUT2D eigenvalue weighted by atomic mass is 9.88. The Labute approximate surface area is 101 Å². The summed E-state index contributed by atoms with van der Waals surface area (Å²) in [5, 5.41) is 11.6. The van der Waals surface area contributed by atoms with Crippen LogP contribution in [0.25, 0.3) is 0 Å². The predicted octanol–water partition coefficient (Wildman–Crippen LogP) is 1.87. The highest BCUT2D eigenvalue weighted by atomic mass is 16.2. The predicted molar refractivity (Wildman–Crippen MR) is 67.2 cm³/mol. The van der Waals surface area contributed by atoms with Crippen molar-refractivity contribution in [2.24, 2.45) is 11.1 Å². The van der Waals surface area contributed by atoms with E-state index in [2.05, 4.69) is 5.32 Å². The van der Waals surface area contributed by atoms with Crippen molar-refractivity contribution in [1.29, 1.82) is 5.26 Å². The van der Waals surface area contributed by atoms with E-state index in [-0.39, 0.29) is 5.91 Å². The van der Waals surface area contributed by atoms with Crippen molar-refractivity contribution in [2.75, 3.05) is 11.9 Å². The Morgan fingerprint density at radius 3 is 2.82 bits per heavy atom. The minimum atomic E-state index is -0.503. The molecule has 0 spiro atoms. The summed E-state index contributed by atoms with van der Waals surface area (Å²) in [6.45, 7) is 4.17. The minimum Gasteiger partial charge on any atom is -0.330 e. The van der Waals surface area contributed by atoms with E-state index in [0.717, 1.165) is 0 Å². The van der Waals surface area contributed by atoms with Gasteiger partial charge in [0.1, 0.15) is 0 Å². The van der Waals surface area contributed by atoms with Gasteiger partial charge in [0.15, 0.2) is 0 Å². The Kier molecular flexibility index (Phi) is 4.24. The molecule has 1 aromatic carbocycles. The first-order valence-electron chi connectivity index (χ1n) is 5.51. The number of nitrogens with two attached hydrogens (primary N) is 1. The van der Waals surface area contributed by atoms with E-state index in [4.69, 9.17) is 11.0 Å². The standard InChI is InChI=1S/C13H17N3O/c1-13(2,6-7-14)12(17)16-11-5-3-4-10(8-11)9-15/h3-5,8H,6-7,14H2,1-2H3,(H,16,17). The van der Waals surface area contributed by atoms with Gasteiger partial charge in [0.25, 0.3) is 0 Å². The van der Waals surface area contributed by atoms with Crippen molar-refractivity contribution in [3.05, 3.63) is 29.8 Å². The first-order chi connectivity index (χ1) is 7.99. The van der Waals surface area contributed by atoms with E-state index in [1.807, 2.05) is 19.9 Å². The third-order valence-electron chi connectivity index (χ3n) is 2.63. The van der Waals surface area contributed by atoms with Gasteiger partial charge in [-0.05, 0) is 31.2 Å². The number of nitriles is 1. The maximum atomic E-state index is 12.0. The van der Waals surface area contributed by atoms with Gasteiger partial charge in [-0.3, -0.25) is 4.79 Å². The van der Waals surface area contributed by atoms with Crippen LogP contribution in [0.3, 0.4) is 0 Å². The van der Waals surface area contributed by atoms with Crippen LogP contribution in [0.4, 0.5) is 5.69 Å². The summed E-state index contributed by atoms with van der Waals surface area (Å²) in [5.74, 6) is -0.0851. The van der Waals surface area contributed by atoms with Crippen LogP contribution in [-0.4, -0.2) is 12.5 Å². The van der Waals surface area contributed by atoms with Crippen LogP contribution in [-0.2, 0) is 4.79 Å². The molecule has 0 aliphatic carbocycles. The number of benzene rings is 1. The Bertz CT molecular complexity index is 446. The van der Waals surface area contributed by atoms with Crippen LogP contribution in [0.5, 0.6) is 0 Å². The molecule has 0 atom stereocenters. The molecule has 1 aromatic rings. The van der Waals surface area contributed by atoms with Gasteiger partial charge in [0.05, 0.1) is 11.6 Å². The summed E-state index contributed by atoms with van der Waals surface area (Å²) < 4.78 is 0. The normalized spacial score (nSPS) is 10.7. The van der Waals surface area contributed by atoms with Crippen LogP contribution in [0.15, 0.2) is 24.3 Å². The number of hydrogen-bond acceptors (Lipinski definition) is 3. The summed E-state index contributed by atoms with van der Waals surface area (Å²) in [4.78, 5) is 12.0. The average molecular weight is 231 g/mol. The largest absolute Gasteiger partial charge is 0.330 e. The van der Waals surface area contributed by atoms with Gasteiger partial charge in [-0.25, -0.2) is 0 Å². The molecule has 1 rings (SSSR count). The summed E-state index contributed by atoms with van der Waals surface area (Å²) in [5.41, 5.74) is 6.13. The smallest absolute Gasteiger partial charge is 0.230 e. The Balaban J connectivity index is 2.78. The molecule has 4 nitrogen and oxygen atoms in total. The van der Waals surface area contributed by atoms with Gasteiger partial charge in [-0.2, -0.15) is 5.26 Å². The zero-order valence-electron chi connectivity index (χ0n) is 10.2. The topological polar surface area (TPSA) is 78.9 Å². The molecule has 0 aromatic heterocycles. The van der Waals surface area contributed by atoms with Gasteiger partial charge in [-0.1, -0.05) is 19.9 Å². The SMILES string of the molecule is CC(C)(CCN)C(=O)Nc1cccc(C#N)c1. The molecule has 1 amide bonds. The van der Waals surface area contributed by atoms with E-state index in [1.54, 1.807) is 24.3 Å². The number of rotatable bonds is 4. The average Bonchev–Trinajstić information content (AvgIpc) is 2.29. The molecule has 0 saturated heterocycles. The monoisotopic (exact) mass is 231 g/mol. The highest BCUT2D eigenvalue weighted by molar-refractivity contribution is 5.94. The second-order valence-corrected chi connectivity index (χ2v) is 4.57. The lowest BCUT2D eigenvalue weighted by Gasteiger charge is -2.22. The van der Waals surface area contributed by atoms with Crippen molar-refractivity contribution in [1.82, 2.24) is 0 Å². The molecule has 0 fully saturated rings. The molecule has 3 N–H and O–H groups in total. The van der Waals surface area contributed by atoms with E-state index in [1.165, 1.54) is 0 Å². The zero-order valence-corrected chi connectivity index (χ0v) is 10.2. The fraction of sp³-hybridized carbons (Fsp3) is 0.385. The Morgan fingerprint density at radius 2 is 2.24 bits per heavy atom. The number of nitrogens with one attached hydrogen (secondary N) is 1. The molecule has 0 heterocycles. The second kappa shape index (κ2) is 5.46. The van der Waals surface area contributed by atoms with Crippen LogP contribution in [0, 0.1) is 16.7 Å². The van der Waals surface area contributed by atoms with Crippen molar-refractivity contribution >= 4 is 11.6 Å². The van der Waals surface area contributed by atoms with Crippen LogP contribution in [0.2, 0.25) is 0 Å². The molecule has 0 saturated carbocycles. The van der Waals surface area contributed by atoms with Gasteiger partial charge in [-0.15, -0.1) is 0 Å².